The van der Waals surface area contributed by atoms with Gasteiger partial charge in [0.25, 0.3) is 0 Å². The average Bonchev–Trinajstić information content (AvgIpc) is 2.13. The highest BCUT2D eigenvalue weighted by Crippen LogP contribution is 1.84. The summed E-state index contributed by atoms with van der Waals surface area (Å²) in [6.07, 6.45) is 2.88. The molecule has 1 aromatic heterocycles. The molecule has 0 aromatic carbocycles. The van der Waals surface area contributed by atoms with Crippen LogP contribution in [0.1, 0.15) is 19.5 Å². The summed E-state index contributed by atoms with van der Waals surface area (Å²) < 4.78 is 1.14. The molecule has 12 heavy (non-hydrogen) atoms. The molecule has 1 heterocycles. The Morgan fingerprint density at radius 3 is 2.50 bits per heavy atom. The van der Waals surface area contributed by atoms with Crippen LogP contribution in [0.2, 0.25) is 0 Å². The van der Waals surface area contributed by atoms with E-state index in [2.05, 4.69) is 10.2 Å². The van der Waals surface area contributed by atoms with E-state index >= 15 is 0 Å². The molecule has 0 unspecified atom stereocenters. The maximum absolute atomic E-state index is 7.15. The summed E-state index contributed by atoms with van der Waals surface area (Å²) in [5, 5.41) is 10.2. The Balaban J connectivity index is 0.000000561. The molecule has 0 aliphatic carbocycles. The zero-order valence-corrected chi connectivity index (χ0v) is 7.50. The van der Waals surface area contributed by atoms with Crippen LogP contribution in [0.25, 0.3) is 0 Å². The van der Waals surface area contributed by atoms with E-state index in [0.29, 0.717) is 0 Å². The molecule has 1 aromatic rings. The predicted octanol–water partition coefficient (Wildman–Crippen LogP) is 1.49. The number of aromatic nitrogens is 2. The number of aryl methyl sites for hydroxylation is 1. The zero-order chi connectivity index (χ0) is 9.56. The summed E-state index contributed by atoms with van der Waals surface area (Å²) in [5.41, 5.74) is 7.48. The monoisotopic (exact) mass is 167 g/mol. The van der Waals surface area contributed by atoms with Gasteiger partial charge in [-0.1, -0.05) is 19.1 Å². The molecular formula is C7H13N5. The van der Waals surface area contributed by atoms with Crippen LogP contribution >= 0.6 is 0 Å². The summed E-state index contributed by atoms with van der Waals surface area (Å²) >= 11 is 0. The molecule has 0 atom stereocenters. The summed E-state index contributed by atoms with van der Waals surface area (Å²) in [4.78, 5) is 3.84. The maximum Gasteiger partial charge on any atom is 0.166 e. The Bertz CT molecular complexity index is 301. The van der Waals surface area contributed by atoms with Crippen LogP contribution < -0.4 is 5.49 Å². The largest absolute Gasteiger partial charge is 0.281 e. The van der Waals surface area contributed by atoms with Crippen molar-refractivity contribution in [2.45, 2.75) is 20.8 Å². The summed E-state index contributed by atoms with van der Waals surface area (Å²) in [6, 6.07) is 0. The molecular weight excluding hydrogens is 154 g/mol. The lowest BCUT2D eigenvalue weighted by Gasteiger charge is -1.95. The lowest BCUT2D eigenvalue weighted by atomic mass is 10.5. The van der Waals surface area contributed by atoms with E-state index in [1.807, 2.05) is 13.8 Å². The number of hydrogen-bond acceptors (Lipinski definition) is 4. The highest BCUT2D eigenvalue weighted by Gasteiger charge is 1.88. The fraction of sp³-hybridized carbons (Fsp3) is 0.429. The van der Waals surface area contributed by atoms with Crippen molar-refractivity contribution in [3.63, 3.8) is 0 Å². The van der Waals surface area contributed by atoms with Gasteiger partial charge in [-0.3, -0.25) is 10.4 Å². The van der Waals surface area contributed by atoms with Crippen molar-refractivity contribution in [1.82, 2.24) is 9.66 Å². The molecule has 0 radical (unpaired) electrons. The number of rotatable bonds is 1. The minimum atomic E-state index is 0.112. The Morgan fingerprint density at radius 2 is 2.08 bits per heavy atom. The van der Waals surface area contributed by atoms with E-state index in [4.69, 9.17) is 10.9 Å². The second kappa shape index (κ2) is 5.17. The molecule has 5 nitrogen and oxygen atoms in total. The predicted molar refractivity (Wildman–Crippen MR) is 44.7 cm³/mol. The van der Waals surface area contributed by atoms with Gasteiger partial charge >= 0.3 is 0 Å². The highest BCUT2D eigenvalue weighted by molar-refractivity contribution is 4.91. The third kappa shape index (κ3) is 2.61. The highest BCUT2D eigenvalue weighted by atomic mass is 15.4. The van der Waals surface area contributed by atoms with Gasteiger partial charge in [0.2, 0.25) is 0 Å². The van der Waals surface area contributed by atoms with Gasteiger partial charge in [-0.2, -0.15) is 5.53 Å². The van der Waals surface area contributed by atoms with Crippen molar-refractivity contribution in [2.24, 2.45) is 5.22 Å². The first-order valence-corrected chi connectivity index (χ1v) is 3.71. The van der Waals surface area contributed by atoms with Crippen molar-refractivity contribution in [2.75, 3.05) is 0 Å². The van der Waals surface area contributed by atoms with Crippen molar-refractivity contribution in [3.8, 4) is 0 Å². The van der Waals surface area contributed by atoms with Gasteiger partial charge in [-0.15, -0.1) is 0 Å². The van der Waals surface area contributed by atoms with E-state index in [1.54, 1.807) is 6.92 Å². The second-order valence-corrected chi connectivity index (χ2v) is 1.86. The summed E-state index contributed by atoms with van der Waals surface area (Å²) in [7, 11) is 0. The first-order chi connectivity index (χ1) is 5.74. The fourth-order valence-electron chi connectivity index (χ4n) is 0.585. The Kier molecular flexibility index (Phi) is 4.52. The van der Waals surface area contributed by atoms with Crippen molar-refractivity contribution >= 4 is 0 Å². The van der Waals surface area contributed by atoms with E-state index < -0.39 is 0 Å². The molecule has 0 spiro atoms. The van der Waals surface area contributed by atoms with Gasteiger partial charge in [0.1, 0.15) is 0 Å². The third-order valence-corrected chi connectivity index (χ3v) is 1.05. The first-order valence-electron chi connectivity index (χ1n) is 3.71. The Labute approximate surface area is 71.1 Å². The van der Waals surface area contributed by atoms with Crippen LogP contribution in [0.5, 0.6) is 0 Å². The quantitative estimate of drug-likeness (QED) is 0.611. The molecule has 0 saturated carbocycles. The summed E-state index contributed by atoms with van der Waals surface area (Å²) in [6.45, 7) is 5.78. The van der Waals surface area contributed by atoms with Gasteiger partial charge in [-0.25, -0.2) is 4.68 Å². The van der Waals surface area contributed by atoms with Crippen LogP contribution in [0.15, 0.2) is 17.6 Å². The van der Waals surface area contributed by atoms with E-state index in [0.717, 1.165) is 10.4 Å². The molecule has 0 aliphatic rings. The number of nitrogens with zero attached hydrogens (tertiary/aromatic N) is 3. The smallest absolute Gasteiger partial charge is 0.166 e. The zero-order valence-electron chi connectivity index (χ0n) is 7.50. The first kappa shape index (κ1) is 10.5. The molecule has 0 fully saturated rings. The molecule has 0 aliphatic heterocycles. The van der Waals surface area contributed by atoms with Crippen molar-refractivity contribution in [1.29, 1.82) is 10.9 Å². The lowest BCUT2D eigenvalue weighted by molar-refractivity contribution is 0.692. The van der Waals surface area contributed by atoms with Gasteiger partial charge in [-0.05, 0) is 6.92 Å². The minimum absolute atomic E-state index is 0.112. The van der Waals surface area contributed by atoms with Crippen molar-refractivity contribution < 1.29 is 0 Å². The van der Waals surface area contributed by atoms with Crippen LogP contribution in [0.4, 0.5) is 0 Å². The maximum atomic E-state index is 7.15. The molecule has 0 bridgehead atoms. The molecule has 0 saturated heterocycles. The van der Waals surface area contributed by atoms with Crippen LogP contribution in [0.3, 0.4) is 0 Å². The molecule has 2 N–H and O–H groups in total. The van der Waals surface area contributed by atoms with Crippen LogP contribution in [0, 0.1) is 17.9 Å². The van der Waals surface area contributed by atoms with Crippen molar-refractivity contribution in [3.05, 3.63) is 23.6 Å². The molecule has 66 valence electrons. The van der Waals surface area contributed by atoms with Gasteiger partial charge in [0, 0.05) is 0 Å². The van der Waals surface area contributed by atoms with Gasteiger partial charge < -0.3 is 0 Å². The molecule has 1 rings (SSSR count). The number of nitrogens with one attached hydrogen (secondary N) is 2. The second-order valence-electron chi connectivity index (χ2n) is 1.86. The average molecular weight is 167 g/mol. The third-order valence-electron chi connectivity index (χ3n) is 1.05. The SMILES string of the molecule is CC.Cc1cn(N=N)c(=N)cn1. The van der Waals surface area contributed by atoms with E-state index in [1.165, 1.54) is 12.4 Å². The van der Waals surface area contributed by atoms with Crippen LogP contribution in [-0.4, -0.2) is 9.66 Å². The normalized spacial score (nSPS) is 8.25. The Morgan fingerprint density at radius 1 is 1.50 bits per heavy atom. The minimum Gasteiger partial charge on any atom is -0.281 e. The van der Waals surface area contributed by atoms with Gasteiger partial charge in [0.15, 0.2) is 5.49 Å². The molecule has 5 heteroatoms. The standard InChI is InChI=1S/C5H7N5.C2H6/c1-4-3-10(9-7)5(6)2-8-4;1-2/h2-3,6-7H,1H3;1-2H3. The van der Waals surface area contributed by atoms with E-state index in [9.17, 15) is 0 Å². The van der Waals surface area contributed by atoms with Gasteiger partial charge in [0.05, 0.1) is 18.1 Å². The lowest BCUT2D eigenvalue weighted by Crippen LogP contribution is -2.15. The Hall–Kier alpha value is -1.52. The molecule has 0 amide bonds. The summed E-state index contributed by atoms with van der Waals surface area (Å²) in [5.74, 6) is 0. The topological polar surface area (TPSA) is 77.9 Å². The van der Waals surface area contributed by atoms with Crippen LogP contribution in [-0.2, 0) is 0 Å². The van der Waals surface area contributed by atoms with E-state index in [-0.39, 0.29) is 5.49 Å². The number of hydrogen-bond donors (Lipinski definition) is 2. The fourth-order valence-corrected chi connectivity index (χ4v) is 0.585.